The number of amides is 1. The number of nitrogens with one attached hydrogen (secondary N) is 2. The summed E-state index contributed by atoms with van der Waals surface area (Å²) in [6.45, 7) is 2.06. The number of nitrogens with zero attached hydrogens (tertiary/aromatic N) is 1. The Morgan fingerprint density at radius 3 is 2.62 bits per heavy atom. The van der Waals surface area contributed by atoms with Crippen LogP contribution < -0.4 is 5.32 Å². The number of benzene rings is 1. The minimum atomic E-state index is -0.359. The van der Waals surface area contributed by atoms with Crippen molar-refractivity contribution in [2.24, 2.45) is 0 Å². The Bertz CT molecular complexity index is 591. The number of esters is 1. The summed E-state index contributed by atoms with van der Waals surface area (Å²) in [6.07, 6.45) is 3.54. The summed E-state index contributed by atoms with van der Waals surface area (Å²) in [7, 11) is 0. The molecule has 0 aliphatic heterocycles. The number of carbonyl (C=O) groups excluding carboxylic acids is 2. The lowest BCUT2D eigenvalue weighted by Gasteiger charge is -2.06. The van der Waals surface area contributed by atoms with Gasteiger partial charge in [-0.05, 0) is 24.6 Å². The lowest BCUT2D eigenvalue weighted by molar-refractivity contribution is -0.144. The third-order valence-corrected chi connectivity index (χ3v) is 2.84. The highest BCUT2D eigenvalue weighted by Gasteiger charge is 2.08. The van der Waals surface area contributed by atoms with Crippen LogP contribution in [0.15, 0.2) is 36.8 Å². The molecule has 0 saturated heterocycles. The Balaban J connectivity index is 1.85. The van der Waals surface area contributed by atoms with Gasteiger partial charge in [-0.15, -0.1) is 0 Å². The number of imidazole rings is 1. The quantitative estimate of drug-likeness (QED) is 0.799. The standard InChI is InChI=1S/C15H17N3O3/c1-2-21-15(20)8-7-14(19)18-12-5-3-11(4-6-12)13-9-16-10-17-13/h3-6,9-10H,2,7-8H2,1H3,(H,16,17)(H,18,19). The molecule has 0 atom stereocenters. The highest BCUT2D eigenvalue weighted by atomic mass is 16.5. The second-order valence-corrected chi connectivity index (χ2v) is 4.40. The summed E-state index contributed by atoms with van der Waals surface area (Å²) in [5, 5.41) is 2.74. The van der Waals surface area contributed by atoms with Crippen LogP contribution in [0.4, 0.5) is 5.69 Å². The maximum absolute atomic E-state index is 11.7. The van der Waals surface area contributed by atoms with E-state index in [1.165, 1.54) is 0 Å². The van der Waals surface area contributed by atoms with E-state index in [0.29, 0.717) is 12.3 Å². The van der Waals surface area contributed by atoms with E-state index in [1.54, 1.807) is 31.6 Å². The Morgan fingerprint density at radius 2 is 2.00 bits per heavy atom. The minimum Gasteiger partial charge on any atom is -0.466 e. The maximum atomic E-state index is 11.7. The number of carbonyl (C=O) groups is 2. The van der Waals surface area contributed by atoms with Gasteiger partial charge in [-0.1, -0.05) is 12.1 Å². The molecular formula is C15H17N3O3. The van der Waals surface area contributed by atoms with Gasteiger partial charge in [0.05, 0.1) is 31.2 Å². The SMILES string of the molecule is CCOC(=O)CCC(=O)Nc1ccc(-c2cnc[nH]2)cc1. The van der Waals surface area contributed by atoms with E-state index in [2.05, 4.69) is 15.3 Å². The first-order valence-electron chi connectivity index (χ1n) is 6.73. The van der Waals surface area contributed by atoms with Gasteiger partial charge in [0, 0.05) is 12.1 Å². The molecule has 1 aromatic heterocycles. The maximum Gasteiger partial charge on any atom is 0.306 e. The van der Waals surface area contributed by atoms with Crippen LogP contribution in [0.5, 0.6) is 0 Å². The summed E-state index contributed by atoms with van der Waals surface area (Å²) < 4.78 is 4.77. The lowest BCUT2D eigenvalue weighted by atomic mass is 10.1. The van der Waals surface area contributed by atoms with Crippen molar-refractivity contribution in [2.45, 2.75) is 19.8 Å². The van der Waals surface area contributed by atoms with E-state index in [0.717, 1.165) is 11.3 Å². The topological polar surface area (TPSA) is 84.1 Å². The average Bonchev–Trinajstić information content (AvgIpc) is 3.00. The normalized spacial score (nSPS) is 10.1. The Hall–Kier alpha value is -2.63. The van der Waals surface area contributed by atoms with Gasteiger partial charge < -0.3 is 15.0 Å². The summed E-state index contributed by atoms with van der Waals surface area (Å²) in [5.74, 6) is -0.570. The number of rotatable bonds is 6. The molecule has 1 aromatic carbocycles. The summed E-state index contributed by atoms with van der Waals surface area (Å²) in [4.78, 5) is 29.8. The van der Waals surface area contributed by atoms with Crippen LogP contribution >= 0.6 is 0 Å². The first-order chi connectivity index (χ1) is 10.2. The smallest absolute Gasteiger partial charge is 0.306 e. The van der Waals surface area contributed by atoms with E-state index in [4.69, 9.17) is 4.74 Å². The number of aromatic amines is 1. The van der Waals surface area contributed by atoms with Crippen LogP contribution in [0.25, 0.3) is 11.3 Å². The molecule has 6 nitrogen and oxygen atoms in total. The number of H-pyrrole nitrogens is 1. The van der Waals surface area contributed by atoms with Crippen molar-refractivity contribution in [3.63, 3.8) is 0 Å². The molecule has 0 radical (unpaired) electrons. The first-order valence-corrected chi connectivity index (χ1v) is 6.73. The fraction of sp³-hybridized carbons (Fsp3) is 0.267. The zero-order valence-electron chi connectivity index (χ0n) is 11.8. The predicted molar refractivity (Wildman–Crippen MR) is 78.5 cm³/mol. The van der Waals surface area contributed by atoms with Crippen LogP contribution in [-0.4, -0.2) is 28.5 Å². The molecule has 0 fully saturated rings. The van der Waals surface area contributed by atoms with Crippen LogP contribution in [0.1, 0.15) is 19.8 Å². The largest absolute Gasteiger partial charge is 0.466 e. The Kier molecular flexibility index (Phi) is 5.09. The van der Waals surface area contributed by atoms with Gasteiger partial charge in [-0.3, -0.25) is 9.59 Å². The van der Waals surface area contributed by atoms with Gasteiger partial charge in [-0.25, -0.2) is 4.98 Å². The van der Waals surface area contributed by atoms with Gasteiger partial charge in [0.25, 0.3) is 0 Å². The average molecular weight is 287 g/mol. The van der Waals surface area contributed by atoms with Crippen molar-refractivity contribution in [1.29, 1.82) is 0 Å². The third-order valence-electron chi connectivity index (χ3n) is 2.84. The van der Waals surface area contributed by atoms with Crippen LogP contribution in [-0.2, 0) is 14.3 Å². The van der Waals surface area contributed by atoms with Gasteiger partial charge in [-0.2, -0.15) is 0 Å². The molecule has 0 aliphatic rings. The second kappa shape index (κ2) is 7.23. The molecule has 21 heavy (non-hydrogen) atoms. The molecule has 1 amide bonds. The highest BCUT2D eigenvalue weighted by molar-refractivity contribution is 5.92. The van der Waals surface area contributed by atoms with E-state index in [1.807, 2.05) is 12.1 Å². The van der Waals surface area contributed by atoms with E-state index in [-0.39, 0.29) is 24.7 Å². The second-order valence-electron chi connectivity index (χ2n) is 4.40. The zero-order chi connectivity index (χ0) is 15.1. The van der Waals surface area contributed by atoms with Crippen molar-refractivity contribution in [3.05, 3.63) is 36.8 Å². The predicted octanol–water partition coefficient (Wildman–Crippen LogP) is 2.36. The number of anilines is 1. The van der Waals surface area contributed by atoms with Crippen molar-refractivity contribution in [1.82, 2.24) is 9.97 Å². The minimum absolute atomic E-state index is 0.0892. The highest BCUT2D eigenvalue weighted by Crippen LogP contribution is 2.18. The molecular weight excluding hydrogens is 270 g/mol. The van der Waals surface area contributed by atoms with E-state index >= 15 is 0 Å². The third kappa shape index (κ3) is 4.45. The molecule has 0 bridgehead atoms. The molecule has 6 heteroatoms. The molecule has 2 N–H and O–H groups in total. The molecule has 0 unspecified atom stereocenters. The Morgan fingerprint density at radius 1 is 1.24 bits per heavy atom. The number of aromatic nitrogens is 2. The van der Waals surface area contributed by atoms with Gasteiger partial charge >= 0.3 is 5.97 Å². The molecule has 0 saturated carbocycles. The van der Waals surface area contributed by atoms with Crippen LogP contribution in [0.2, 0.25) is 0 Å². The van der Waals surface area contributed by atoms with Crippen molar-refractivity contribution < 1.29 is 14.3 Å². The van der Waals surface area contributed by atoms with Crippen molar-refractivity contribution >= 4 is 17.6 Å². The number of hydrogen-bond donors (Lipinski definition) is 2. The van der Waals surface area contributed by atoms with Crippen molar-refractivity contribution in [3.8, 4) is 11.3 Å². The summed E-state index contributed by atoms with van der Waals surface area (Å²) in [5.41, 5.74) is 2.58. The van der Waals surface area contributed by atoms with E-state index < -0.39 is 0 Å². The zero-order valence-corrected chi connectivity index (χ0v) is 11.8. The monoisotopic (exact) mass is 287 g/mol. The van der Waals surface area contributed by atoms with E-state index in [9.17, 15) is 9.59 Å². The summed E-state index contributed by atoms with van der Waals surface area (Å²) >= 11 is 0. The Labute approximate surface area is 122 Å². The van der Waals surface area contributed by atoms with Gasteiger partial charge in [0.15, 0.2) is 0 Å². The molecule has 0 spiro atoms. The first kappa shape index (κ1) is 14.8. The summed E-state index contributed by atoms with van der Waals surface area (Å²) in [6, 6.07) is 7.37. The van der Waals surface area contributed by atoms with Gasteiger partial charge in [0.1, 0.15) is 0 Å². The molecule has 0 aliphatic carbocycles. The number of hydrogen-bond acceptors (Lipinski definition) is 4. The lowest BCUT2D eigenvalue weighted by Crippen LogP contribution is -2.14. The molecule has 2 aromatic rings. The van der Waals surface area contributed by atoms with Crippen LogP contribution in [0.3, 0.4) is 0 Å². The van der Waals surface area contributed by atoms with Crippen LogP contribution in [0, 0.1) is 0 Å². The molecule has 1 heterocycles. The van der Waals surface area contributed by atoms with Gasteiger partial charge in [0.2, 0.25) is 5.91 Å². The number of ether oxygens (including phenoxy) is 1. The fourth-order valence-corrected chi connectivity index (χ4v) is 1.82. The molecule has 2 rings (SSSR count). The fourth-order valence-electron chi connectivity index (χ4n) is 1.82. The molecule has 110 valence electrons. The van der Waals surface area contributed by atoms with Crippen molar-refractivity contribution in [2.75, 3.05) is 11.9 Å².